The SMILES string of the molecule is c1ccc2cc(-c3ccc4c(ccc5cc(N(c6ccc(-c7cc8cnccc8cn7)cc6)c6ccc(-c7cc8cnccc8cn7)cc6)ccc54)c3)ccc2c1. The van der Waals surface area contributed by atoms with Crippen molar-refractivity contribution >= 4 is 70.9 Å². The van der Waals surface area contributed by atoms with Crippen LogP contribution in [-0.2, 0) is 0 Å². The second kappa shape index (κ2) is 13.5. The maximum atomic E-state index is 4.77. The largest absolute Gasteiger partial charge is 0.310 e. The lowest BCUT2D eigenvalue weighted by atomic mass is 9.96. The summed E-state index contributed by atoms with van der Waals surface area (Å²) in [6.45, 7) is 0. The normalized spacial score (nSPS) is 11.5. The highest BCUT2D eigenvalue weighted by molar-refractivity contribution is 6.09. The van der Waals surface area contributed by atoms with Gasteiger partial charge in [-0.1, -0.05) is 91.0 Å². The van der Waals surface area contributed by atoms with Crippen LogP contribution in [0, 0.1) is 0 Å². The number of pyridine rings is 4. The number of hydrogen-bond acceptors (Lipinski definition) is 5. The van der Waals surface area contributed by atoms with E-state index >= 15 is 0 Å². The Morgan fingerprint density at radius 3 is 1.39 bits per heavy atom. The van der Waals surface area contributed by atoms with Crippen LogP contribution in [0.1, 0.15) is 0 Å². The summed E-state index contributed by atoms with van der Waals surface area (Å²) in [5, 5.41) is 11.7. The number of aromatic nitrogens is 4. The molecule has 5 nitrogen and oxygen atoms in total. The zero-order valence-corrected chi connectivity index (χ0v) is 30.8. The zero-order valence-electron chi connectivity index (χ0n) is 30.8. The lowest BCUT2D eigenvalue weighted by Crippen LogP contribution is -2.10. The molecule has 0 bridgehead atoms. The summed E-state index contributed by atoms with van der Waals surface area (Å²) in [4.78, 5) is 20.5. The highest BCUT2D eigenvalue weighted by atomic mass is 15.1. The molecule has 0 saturated carbocycles. The number of nitrogens with zero attached hydrogens (tertiary/aromatic N) is 5. The Hall–Kier alpha value is -7.76. The zero-order chi connectivity index (χ0) is 37.7. The molecular weight excluding hydrogens is 695 g/mol. The standard InChI is InChI=1S/C52H33N5/c1-2-4-37-25-38(6-5-34(37)3-1)39-13-19-49-40(26-39)7-8-41-27-48(18-20-50(41)49)57(46-14-9-35(10-15-46)51-28-44-30-53-23-21-42(44)32-55-51)47-16-11-36(12-17-47)52-29-45-31-54-24-22-43(45)33-56-52/h1-33H. The van der Waals surface area contributed by atoms with Gasteiger partial charge >= 0.3 is 0 Å². The van der Waals surface area contributed by atoms with Gasteiger partial charge in [-0.3, -0.25) is 19.9 Å². The molecule has 4 heterocycles. The number of hydrogen-bond donors (Lipinski definition) is 0. The van der Waals surface area contributed by atoms with E-state index < -0.39 is 0 Å². The molecule has 0 spiro atoms. The molecule has 0 radical (unpaired) electrons. The van der Waals surface area contributed by atoms with Crippen LogP contribution in [0.25, 0.3) is 87.5 Å². The monoisotopic (exact) mass is 727 g/mol. The van der Waals surface area contributed by atoms with Crippen molar-refractivity contribution in [2.24, 2.45) is 0 Å². The molecule has 0 aliphatic carbocycles. The van der Waals surface area contributed by atoms with Gasteiger partial charge in [0.05, 0.1) is 11.4 Å². The van der Waals surface area contributed by atoms with E-state index in [0.717, 1.165) is 61.1 Å². The molecule has 0 aliphatic heterocycles. The Morgan fingerprint density at radius 2 is 0.772 bits per heavy atom. The number of fused-ring (bicyclic) bond motifs is 6. The lowest BCUT2D eigenvalue weighted by molar-refractivity contribution is 1.28. The van der Waals surface area contributed by atoms with Crippen molar-refractivity contribution in [2.45, 2.75) is 0 Å². The third-order valence-corrected chi connectivity index (χ3v) is 11.0. The molecule has 5 heteroatoms. The van der Waals surface area contributed by atoms with Crippen LogP contribution in [0.4, 0.5) is 17.1 Å². The fourth-order valence-electron chi connectivity index (χ4n) is 8.03. The topological polar surface area (TPSA) is 54.8 Å². The summed E-state index contributed by atoms with van der Waals surface area (Å²) < 4.78 is 0. The van der Waals surface area contributed by atoms with Crippen LogP contribution in [0.5, 0.6) is 0 Å². The maximum absolute atomic E-state index is 4.77. The Kier molecular flexibility index (Phi) is 7.74. The minimum atomic E-state index is 0.914. The number of anilines is 3. The van der Waals surface area contributed by atoms with E-state index in [1.165, 1.54) is 43.4 Å². The van der Waals surface area contributed by atoms with Crippen molar-refractivity contribution in [3.63, 3.8) is 0 Å². The molecule has 266 valence electrons. The molecule has 7 aromatic carbocycles. The summed E-state index contributed by atoms with van der Waals surface area (Å²) >= 11 is 0. The summed E-state index contributed by atoms with van der Waals surface area (Å²) in [6, 6.07) is 58.8. The van der Waals surface area contributed by atoms with Gasteiger partial charge in [-0.25, -0.2) is 0 Å². The average molecular weight is 728 g/mol. The molecule has 0 aliphatic rings. The van der Waals surface area contributed by atoms with E-state index in [2.05, 4.69) is 167 Å². The van der Waals surface area contributed by atoms with Crippen molar-refractivity contribution in [3.8, 4) is 33.6 Å². The van der Waals surface area contributed by atoms with E-state index in [1.807, 2.05) is 36.9 Å². The third kappa shape index (κ3) is 5.99. The molecule has 0 saturated heterocycles. The van der Waals surface area contributed by atoms with Crippen LogP contribution >= 0.6 is 0 Å². The highest BCUT2D eigenvalue weighted by Gasteiger charge is 2.16. The molecule has 0 atom stereocenters. The minimum Gasteiger partial charge on any atom is -0.310 e. The van der Waals surface area contributed by atoms with Gasteiger partial charge in [0.15, 0.2) is 0 Å². The quantitative estimate of drug-likeness (QED) is 0.160. The van der Waals surface area contributed by atoms with Crippen molar-refractivity contribution in [1.82, 2.24) is 19.9 Å². The van der Waals surface area contributed by atoms with Crippen molar-refractivity contribution < 1.29 is 0 Å². The lowest BCUT2D eigenvalue weighted by Gasteiger charge is -2.26. The summed E-state index contributed by atoms with van der Waals surface area (Å²) in [5.41, 5.74) is 9.52. The van der Waals surface area contributed by atoms with E-state index in [-0.39, 0.29) is 0 Å². The Balaban J connectivity index is 0.981. The first-order valence-electron chi connectivity index (χ1n) is 19.1. The molecule has 11 rings (SSSR count). The van der Waals surface area contributed by atoms with Gasteiger partial charge in [0, 0.05) is 86.9 Å². The van der Waals surface area contributed by atoms with E-state index in [1.54, 1.807) is 12.4 Å². The van der Waals surface area contributed by atoms with E-state index in [4.69, 9.17) is 9.97 Å². The molecule has 57 heavy (non-hydrogen) atoms. The average Bonchev–Trinajstić information content (AvgIpc) is 3.29. The summed E-state index contributed by atoms with van der Waals surface area (Å²) in [7, 11) is 0. The Bertz CT molecular complexity index is 3180. The molecule has 4 aromatic heterocycles. The molecular formula is C52H33N5. The fraction of sp³-hybridized carbons (Fsp3) is 0. The predicted molar refractivity (Wildman–Crippen MR) is 236 cm³/mol. The predicted octanol–water partition coefficient (Wildman–Crippen LogP) is 13.5. The molecule has 0 N–H and O–H groups in total. The van der Waals surface area contributed by atoms with Crippen LogP contribution in [0.15, 0.2) is 201 Å². The van der Waals surface area contributed by atoms with Gasteiger partial charge in [0.1, 0.15) is 0 Å². The minimum absolute atomic E-state index is 0.914. The summed E-state index contributed by atoms with van der Waals surface area (Å²) in [5.74, 6) is 0. The first-order chi connectivity index (χ1) is 28.2. The molecule has 0 fully saturated rings. The fourth-order valence-corrected chi connectivity index (χ4v) is 8.03. The second-order valence-corrected chi connectivity index (χ2v) is 14.5. The first-order valence-corrected chi connectivity index (χ1v) is 19.1. The van der Waals surface area contributed by atoms with Gasteiger partial charge in [-0.2, -0.15) is 0 Å². The maximum Gasteiger partial charge on any atom is 0.0708 e. The van der Waals surface area contributed by atoms with Gasteiger partial charge in [0.2, 0.25) is 0 Å². The third-order valence-electron chi connectivity index (χ3n) is 11.0. The molecule has 0 amide bonds. The van der Waals surface area contributed by atoms with Crippen LogP contribution in [0.2, 0.25) is 0 Å². The van der Waals surface area contributed by atoms with Crippen molar-refractivity contribution in [1.29, 1.82) is 0 Å². The van der Waals surface area contributed by atoms with Crippen molar-refractivity contribution in [3.05, 3.63) is 201 Å². The Labute approximate surface area is 329 Å². The summed E-state index contributed by atoms with van der Waals surface area (Å²) in [6.07, 6.45) is 11.2. The van der Waals surface area contributed by atoms with Crippen LogP contribution in [-0.4, -0.2) is 19.9 Å². The van der Waals surface area contributed by atoms with Crippen LogP contribution in [0.3, 0.4) is 0 Å². The molecule has 0 unspecified atom stereocenters. The molecule has 11 aromatic rings. The number of benzene rings is 7. The number of rotatable bonds is 6. The van der Waals surface area contributed by atoms with Gasteiger partial charge in [-0.15, -0.1) is 0 Å². The van der Waals surface area contributed by atoms with Gasteiger partial charge in [-0.05, 0) is 116 Å². The first kappa shape index (κ1) is 32.7. The smallest absolute Gasteiger partial charge is 0.0708 e. The second-order valence-electron chi connectivity index (χ2n) is 14.5. The van der Waals surface area contributed by atoms with Crippen molar-refractivity contribution in [2.75, 3.05) is 4.90 Å². The van der Waals surface area contributed by atoms with Gasteiger partial charge in [0.25, 0.3) is 0 Å². The highest BCUT2D eigenvalue weighted by Crippen LogP contribution is 2.40. The van der Waals surface area contributed by atoms with Crippen LogP contribution < -0.4 is 4.90 Å². The van der Waals surface area contributed by atoms with Gasteiger partial charge < -0.3 is 4.90 Å². The Morgan fingerprint density at radius 1 is 0.298 bits per heavy atom. The van der Waals surface area contributed by atoms with E-state index in [9.17, 15) is 0 Å². The van der Waals surface area contributed by atoms with E-state index in [0.29, 0.717) is 0 Å².